The fourth-order valence-corrected chi connectivity index (χ4v) is 2.62. The van der Waals surface area contributed by atoms with Crippen LogP contribution in [0.1, 0.15) is 10.4 Å². The van der Waals surface area contributed by atoms with Crippen molar-refractivity contribution < 1.29 is 15.0 Å². The molecule has 1 aliphatic heterocycles. The summed E-state index contributed by atoms with van der Waals surface area (Å²) >= 11 is 7.37. The number of benzene rings is 1. The number of nitrogens with two attached hydrogens (primary N) is 1. The lowest BCUT2D eigenvalue weighted by Crippen LogP contribution is -2.70. The summed E-state index contributed by atoms with van der Waals surface area (Å²) < 4.78 is 5.14. The molecular weight excluding hydrogens is 312 g/mol. The molecule has 7 heteroatoms. The van der Waals surface area contributed by atoms with E-state index in [1.807, 2.05) is 17.5 Å². The highest BCUT2D eigenvalue weighted by Gasteiger charge is 2.25. The van der Waals surface area contributed by atoms with E-state index >= 15 is 0 Å². The molecule has 2 N–H and O–H groups in total. The molecule has 0 atom stereocenters. The number of ether oxygens (including phenoxy) is 1. The highest BCUT2D eigenvalue weighted by molar-refractivity contribution is 7.10. The van der Waals surface area contributed by atoms with Crippen molar-refractivity contribution in [2.45, 2.75) is 0 Å². The summed E-state index contributed by atoms with van der Waals surface area (Å²) in [4.78, 5) is 16.9. The van der Waals surface area contributed by atoms with Crippen LogP contribution in [0, 0.1) is 5.21 Å². The summed E-state index contributed by atoms with van der Waals surface area (Å²) in [5.74, 6) is -0.344. The zero-order valence-corrected chi connectivity index (χ0v) is 12.1. The molecule has 1 aromatic heterocycles. The van der Waals surface area contributed by atoms with Gasteiger partial charge in [-0.05, 0) is 29.7 Å². The number of halogens is 1. The first kappa shape index (κ1) is 14.0. The van der Waals surface area contributed by atoms with Gasteiger partial charge in [-0.3, -0.25) is 0 Å². The summed E-state index contributed by atoms with van der Waals surface area (Å²) in [7, 11) is 0. The van der Waals surface area contributed by atoms with E-state index < -0.39 is 5.97 Å². The van der Waals surface area contributed by atoms with Crippen molar-refractivity contribution in [3.63, 3.8) is 0 Å². The van der Waals surface area contributed by atoms with Crippen molar-refractivity contribution >= 4 is 46.6 Å². The van der Waals surface area contributed by atoms with E-state index in [4.69, 9.17) is 16.3 Å². The third-order valence-electron chi connectivity index (χ3n) is 2.81. The van der Waals surface area contributed by atoms with Crippen LogP contribution in [0.3, 0.4) is 0 Å². The topological polar surface area (TPSA) is 78.3 Å². The first-order chi connectivity index (χ1) is 10.2. The Kier molecular flexibility index (Phi) is 3.85. The second-order valence-corrected chi connectivity index (χ2v) is 5.59. The van der Waals surface area contributed by atoms with Crippen LogP contribution in [0.25, 0.3) is 6.08 Å². The molecule has 2 aromatic rings. The highest BCUT2D eigenvalue weighted by Crippen LogP contribution is 2.24. The standard InChI is InChI=1S/C14H9ClN2O3S/c15-10-4-3-8(6-11(10)17-19)13-16-12(14(18)20-13)7-9-2-1-5-21-9/h1-7H,17H2/b12-7-. The predicted molar refractivity (Wildman–Crippen MR) is 81.3 cm³/mol. The number of carbonyl (C=O) groups excluding carboxylic acids is 1. The van der Waals surface area contributed by atoms with Crippen LogP contribution in [0.2, 0.25) is 5.02 Å². The SMILES string of the molecule is O=C1OC(c2ccc(Cl)c([NH2+][O-])c2)=N/C1=C\c1cccs1. The molecule has 0 radical (unpaired) electrons. The van der Waals surface area contributed by atoms with E-state index in [1.54, 1.807) is 18.2 Å². The number of aliphatic imine (C=N–C) groups is 1. The lowest BCUT2D eigenvalue weighted by molar-refractivity contribution is -0.497. The van der Waals surface area contributed by atoms with Gasteiger partial charge in [-0.15, -0.1) is 11.3 Å². The Bertz CT molecular complexity index is 754. The maximum absolute atomic E-state index is 11.8. The van der Waals surface area contributed by atoms with Gasteiger partial charge in [0.2, 0.25) is 5.90 Å². The summed E-state index contributed by atoms with van der Waals surface area (Å²) in [6.07, 6.45) is 1.66. The molecule has 0 unspecified atom stereocenters. The van der Waals surface area contributed by atoms with Gasteiger partial charge in [-0.2, -0.15) is 0 Å². The van der Waals surface area contributed by atoms with Crippen LogP contribution < -0.4 is 5.48 Å². The molecule has 106 valence electrons. The van der Waals surface area contributed by atoms with E-state index in [1.165, 1.54) is 17.4 Å². The predicted octanol–water partition coefficient (Wildman–Crippen LogP) is 2.44. The third kappa shape index (κ3) is 2.88. The zero-order valence-electron chi connectivity index (χ0n) is 10.6. The van der Waals surface area contributed by atoms with E-state index in [2.05, 4.69) is 4.99 Å². The zero-order chi connectivity index (χ0) is 14.8. The summed E-state index contributed by atoms with van der Waals surface area (Å²) in [6, 6.07) is 8.52. The summed E-state index contributed by atoms with van der Waals surface area (Å²) in [6.45, 7) is 0. The first-order valence-corrected chi connectivity index (χ1v) is 7.24. The number of cyclic esters (lactones) is 1. The molecule has 0 spiro atoms. The number of hydrogen-bond acceptors (Lipinski definition) is 5. The van der Waals surface area contributed by atoms with Gasteiger partial charge in [0, 0.05) is 16.5 Å². The first-order valence-electron chi connectivity index (χ1n) is 5.98. The van der Waals surface area contributed by atoms with Crippen molar-refractivity contribution in [1.29, 1.82) is 0 Å². The monoisotopic (exact) mass is 320 g/mol. The van der Waals surface area contributed by atoms with Gasteiger partial charge in [0.1, 0.15) is 10.7 Å². The van der Waals surface area contributed by atoms with Gasteiger partial charge in [-0.1, -0.05) is 17.7 Å². The van der Waals surface area contributed by atoms with Gasteiger partial charge in [-0.25, -0.2) is 9.79 Å². The Morgan fingerprint density at radius 3 is 2.95 bits per heavy atom. The van der Waals surface area contributed by atoms with Gasteiger partial charge in [0.05, 0.1) is 0 Å². The van der Waals surface area contributed by atoms with E-state index in [0.717, 1.165) is 4.88 Å². The average Bonchev–Trinajstić information content (AvgIpc) is 3.11. The van der Waals surface area contributed by atoms with E-state index in [9.17, 15) is 10.0 Å². The minimum atomic E-state index is -0.513. The van der Waals surface area contributed by atoms with Gasteiger partial charge < -0.3 is 15.4 Å². The fourth-order valence-electron chi connectivity index (χ4n) is 1.81. The maximum Gasteiger partial charge on any atom is 0.363 e. The Morgan fingerprint density at radius 2 is 2.24 bits per heavy atom. The van der Waals surface area contributed by atoms with Crippen LogP contribution >= 0.6 is 22.9 Å². The summed E-state index contributed by atoms with van der Waals surface area (Å²) in [5, 5.41) is 13.1. The van der Waals surface area contributed by atoms with Crippen molar-refractivity contribution in [2.24, 2.45) is 4.99 Å². The molecule has 1 aliphatic rings. The second-order valence-electron chi connectivity index (χ2n) is 4.21. The molecule has 0 fully saturated rings. The smallest absolute Gasteiger partial charge is 0.363 e. The fraction of sp³-hybridized carbons (Fsp3) is 0. The number of thiophene rings is 1. The normalized spacial score (nSPS) is 16.2. The molecular formula is C14H9ClN2O3S. The van der Waals surface area contributed by atoms with Crippen molar-refractivity contribution in [3.05, 3.63) is 62.1 Å². The minimum absolute atomic E-state index is 0.169. The number of esters is 1. The van der Waals surface area contributed by atoms with E-state index in [0.29, 0.717) is 21.8 Å². The van der Waals surface area contributed by atoms with Gasteiger partial charge in [0.25, 0.3) is 0 Å². The van der Waals surface area contributed by atoms with Crippen LogP contribution in [-0.4, -0.2) is 11.9 Å². The minimum Gasteiger partial charge on any atom is -0.630 e. The largest absolute Gasteiger partial charge is 0.630 e. The Labute approximate surface area is 129 Å². The van der Waals surface area contributed by atoms with Crippen LogP contribution in [-0.2, 0) is 9.53 Å². The Morgan fingerprint density at radius 1 is 1.38 bits per heavy atom. The van der Waals surface area contributed by atoms with Crippen LogP contribution in [0.5, 0.6) is 0 Å². The lowest BCUT2D eigenvalue weighted by Gasteiger charge is -2.06. The van der Waals surface area contributed by atoms with E-state index in [-0.39, 0.29) is 11.6 Å². The molecule has 2 heterocycles. The van der Waals surface area contributed by atoms with Gasteiger partial charge in [0.15, 0.2) is 5.70 Å². The highest BCUT2D eigenvalue weighted by atomic mass is 35.5. The second kappa shape index (κ2) is 5.79. The Hall–Kier alpha value is -1.99. The van der Waals surface area contributed by atoms with Crippen molar-refractivity contribution in [2.75, 3.05) is 0 Å². The molecule has 0 saturated heterocycles. The molecule has 21 heavy (non-hydrogen) atoms. The number of hydrogen-bond donors (Lipinski definition) is 1. The lowest BCUT2D eigenvalue weighted by atomic mass is 10.2. The van der Waals surface area contributed by atoms with Crippen molar-refractivity contribution in [3.8, 4) is 0 Å². The van der Waals surface area contributed by atoms with Crippen LogP contribution in [0.4, 0.5) is 5.69 Å². The number of rotatable bonds is 3. The summed E-state index contributed by atoms with van der Waals surface area (Å²) in [5.41, 5.74) is 1.73. The molecule has 1 aromatic carbocycles. The molecule has 0 aliphatic carbocycles. The average molecular weight is 321 g/mol. The van der Waals surface area contributed by atoms with Crippen molar-refractivity contribution in [1.82, 2.24) is 0 Å². The molecule has 0 bridgehead atoms. The maximum atomic E-state index is 11.8. The number of nitrogens with zero attached hydrogens (tertiary/aromatic N) is 1. The quantitative estimate of drug-likeness (QED) is 0.408. The number of quaternary nitrogens is 1. The van der Waals surface area contributed by atoms with Crippen LogP contribution in [0.15, 0.2) is 46.4 Å². The molecule has 0 saturated carbocycles. The number of carbonyl (C=O) groups is 1. The molecule has 5 nitrogen and oxygen atoms in total. The van der Waals surface area contributed by atoms with Gasteiger partial charge >= 0.3 is 5.97 Å². The molecule has 0 amide bonds. The third-order valence-corrected chi connectivity index (χ3v) is 3.98. The Balaban J connectivity index is 1.95. The molecule has 3 rings (SSSR count).